The lowest BCUT2D eigenvalue weighted by Crippen LogP contribution is -2.36. The second-order valence-electron chi connectivity index (χ2n) is 4.76. The first-order chi connectivity index (χ1) is 7.52. The van der Waals surface area contributed by atoms with Gasteiger partial charge in [0.15, 0.2) is 0 Å². The van der Waals surface area contributed by atoms with Gasteiger partial charge in [0.1, 0.15) is 5.92 Å². The molecule has 1 rings (SSSR count). The van der Waals surface area contributed by atoms with Crippen LogP contribution in [0.4, 0.5) is 0 Å². The summed E-state index contributed by atoms with van der Waals surface area (Å²) < 4.78 is 0. The van der Waals surface area contributed by atoms with Gasteiger partial charge in [-0.15, -0.1) is 0 Å². The Morgan fingerprint density at radius 1 is 1.38 bits per heavy atom. The van der Waals surface area contributed by atoms with Gasteiger partial charge in [-0.25, -0.2) is 0 Å². The summed E-state index contributed by atoms with van der Waals surface area (Å²) in [5.74, 6) is -1.52. The summed E-state index contributed by atoms with van der Waals surface area (Å²) in [6, 6.07) is 0. The maximum Gasteiger partial charge on any atom is 0.315 e. The third kappa shape index (κ3) is 3.51. The van der Waals surface area contributed by atoms with Crippen LogP contribution in [0.25, 0.3) is 0 Å². The lowest BCUT2D eigenvalue weighted by atomic mass is 10.0. The quantitative estimate of drug-likeness (QED) is 0.728. The summed E-state index contributed by atoms with van der Waals surface area (Å²) in [6.45, 7) is 2.12. The molecule has 0 spiro atoms. The highest BCUT2D eigenvalue weighted by Crippen LogP contribution is 2.27. The van der Waals surface area contributed by atoms with E-state index in [1.807, 2.05) is 0 Å². The fraction of sp³-hybridized carbons (Fsp3) is 0.833. The molecule has 1 saturated carbocycles. The van der Waals surface area contributed by atoms with E-state index in [0.717, 1.165) is 12.3 Å². The lowest BCUT2D eigenvalue weighted by Gasteiger charge is -2.21. The molecular weight excluding hydrogens is 206 g/mol. The first-order valence-corrected chi connectivity index (χ1v) is 6.00. The topological polar surface area (TPSA) is 57.6 Å². The molecule has 16 heavy (non-hydrogen) atoms. The molecule has 0 aliphatic heterocycles. The Hall–Kier alpha value is -1.06. The van der Waals surface area contributed by atoms with Crippen LogP contribution in [0, 0.1) is 11.8 Å². The summed E-state index contributed by atoms with van der Waals surface area (Å²) in [6.07, 6.45) is 6.13. The molecule has 1 N–H and O–H groups in total. The number of carboxylic acids is 1. The molecule has 92 valence electrons. The van der Waals surface area contributed by atoms with Gasteiger partial charge in [0.05, 0.1) is 0 Å². The summed E-state index contributed by atoms with van der Waals surface area (Å²) in [5.41, 5.74) is 0. The highest BCUT2D eigenvalue weighted by Gasteiger charge is 2.24. The van der Waals surface area contributed by atoms with Crippen molar-refractivity contribution >= 4 is 11.9 Å². The molecule has 0 radical (unpaired) electrons. The predicted octanol–water partition coefficient (Wildman–Crippen LogP) is 1.75. The van der Waals surface area contributed by atoms with Crippen molar-refractivity contribution in [2.45, 2.75) is 39.0 Å². The van der Waals surface area contributed by atoms with Crippen LogP contribution in [0.5, 0.6) is 0 Å². The van der Waals surface area contributed by atoms with E-state index in [-0.39, 0.29) is 5.91 Å². The number of amides is 1. The van der Waals surface area contributed by atoms with Crippen molar-refractivity contribution in [1.82, 2.24) is 4.90 Å². The summed E-state index contributed by atoms with van der Waals surface area (Å²) >= 11 is 0. The molecule has 1 aliphatic carbocycles. The summed E-state index contributed by atoms with van der Waals surface area (Å²) in [5, 5.41) is 8.73. The molecule has 0 bridgehead atoms. The minimum Gasteiger partial charge on any atom is -0.481 e. The third-order valence-corrected chi connectivity index (χ3v) is 3.46. The van der Waals surface area contributed by atoms with E-state index < -0.39 is 11.9 Å². The number of rotatable bonds is 5. The van der Waals surface area contributed by atoms with Crippen LogP contribution in [-0.2, 0) is 9.59 Å². The Balaban J connectivity index is 2.30. The van der Waals surface area contributed by atoms with Gasteiger partial charge < -0.3 is 10.0 Å². The largest absolute Gasteiger partial charge is 0.481 e. The molecule has 0 heterocycles. The van der Waals surface area contributed by atoms with Crippen LogP contribution in [-0.4, -0.2) is 35.5 Å². The van der Waals surface area contributed by atoms with Crippen molar-refractivity contribution in [2.24, 2.45) is 11.8 Å². The fourth-order valence-corrected chi connectivity index (χ4v) is 2.22. The molecule has 4 nitrogen and oxygen atoms in total. The molecule has 0 aromatic rings. The van der Waals surface area contributed by atoms with E-state index in [1.165, 1.54) is 32.6 Å². The standard InChI is InChI=1S/C12H21NO3/c1-9(12(15)16)11(14)13(2)8-7-10-5-3-4-6-10/h9-10H,3-8H2,1-2H3,(H,15,16). The van der Waals surface area contributed by atoms with Crippen molar-refractivity contribution in [1.29, 1.82) is 0 Å². The van der Waals surface area contributed by atoms with E-state index in [0.29, 0.717) is 6.54 Å². The van der Waals surface area contributed by atoms with Crippen molar-refractivity contribution in [2.75, 3.05) is 13.6 Å². The number of nitrogens with zero attached hydrogens (tertiary/aromatic N) is 1. The van der Waals surface area contributed by atoms with Gasteiger partial charge in [0, 0.05) is 13.6 Å². The Bertz CT molecular complexity index is 259. The molecule has 1 unspecified atom stereocenters. The molecule has 1 fully saturated rings. The van der Waals surface area contributed by atoms with Crippen molar-refractivity contribution in [3.8, 4) is 0 Å². The van der Waals surface area contributed by atoms with Crippen LogP contribution in [0.3, 0.4) is 0 Å². The van der Waals surface area contributed by atoms with Crippen molar-refractivity contribution in [3.05, 3.63) is 0 Å². The van der Waals surface area contributed by atoms with Crippen molar-refractivity contribution in [3.63, 3.8) is 0 Å². The smallest absolute Gasteiger partial charge is 0.315 e. The fourth-order valence-electron chi connectivity index (χ4n) is 2.22. The summed E-state index contributed by atoms with van der Waals surface area (Å²) in [4.78, 5) is 23.8. The number of carbonyl (C=O) groups is 2. The molecule has 0 aromatic heterocycles. The van der Waals surface area contributed by atoms with E-state index >= 15 is 0 Å². The second-order valence-corrected chi connectivity index (χ2v) is 4.76. The first-order valence-electron chi connectivity index (χ1n) is 6.00. The lowest BCUT2D eigenvalue weighted by molar-refractivity contribution is -0.149. The van der Waals surface area contributed by atoms with Gasteiger partial charge in [-0.1, -0.05) is 25.7 Å². The Morgan fingerprint density at radius 2 is 1.94 bits per heavy atom. The molecule has 0 aromatic carbocycles. The van der Waals surface area contributed by atoms with Crippen molar-refractivity contribution < 1.29 is 14.7 Å². The van der Waals surface area contributed by atoms with Gasteiger partial charge in [0.2, 0.25) is 5.91 Å². The predicted molar refractivity (Wildman–Crippen MR) is 61.0 cm³/mol. The molecule has 1 amide bonds. The number of hydrogen-bond donors (Lipinski definition) is 1. The second kappa shape index (κ2) is 5.87. The van der Waals surface area contributed by atoms with Crippen LogP contribution < -0.4 is 0 Å². The molecule has 4 heteroatoms. The zero-order chi connectivity index (χ0) is 12.1. The van der Waals surface area contributed by atoms with Gasteiger partial charge in [0.25, 0.3) is 0 Å². The molecule has 0 saturated heterocycles. The number of aliphatic carboxylic acids is 1. The number of carbonyl (C=O) groups excluding carboxylic acids is 1. The first kappa shape index (κ1) is 13.0. The number of hydrogen-bond acceptors (Lipinski definition) is 2. The monoisotopic (exact) mass is 227 g/mol. The zero-order valence-electron chi connectivity index (χ0n) is 10.1. The molecule has 1 aliphatic rings. The van der Waals surface area contributed by atoms with E-state index in [1.54, 1.807) is 11.9 Å². The van der Waals surface area contributed by atoms with E-state index in [2.05, 4.69) is 0 Å². The highest BCUT2D eigenvalue weighted by molar-refractivity contribution is 5.96. The maximum atomic E-state index is 11.6. The van der Waals surface area contributed by atoms with Crippen LogP contribution in [0.1, 0.15) is 39.0 Å². The van der Waals surface area contributed by atoms with Gasteiger partial charge in [-0.05, 0) is 19.3 Å². The summed E-state index contributed by atoms with van der Waals surface area (Å²) in [7, 11) is 1.69. The van der Waals surface area contributed by atoms with Crippen LogP contribution in [0.2, 0.25) is 0 Å². The minimum absolute atomic E-state index is 0.287. The highest BCUT2D eigenvalue weighted by atomic mass is 16.4. The van der Waals surface area contributed by atoms with Gasteiger partial charge >= 0.3 is 5.97 Å². The minimum atomic E-state index is -1.04. The molecule has 1 atom stereocenters. The third-order valence-electron chi connectivity index (χ3n) is 3.46. The van der Waals surface area contributed by atoms with Gasteiger partial charge in [-0.2, -0.15) is 0 Å². The van der Waals surface area contributed by atoms with E-state index in [9.17, 15) is 9.59 Å². The maximum absolute atomic E-state index is 11.6. The Labute approximate surface area is 96.6 Å². The normalized spacial score (nSPS) is 18.4. The average Bonchev–Trinajstić information content (AvgIpc) is 2.76. The zero-order valence-corrected chi connectivity index (χ0v) is 10.1. The van der Waals surface area contributed by atoms with E-state index in [4.69, 9.17) is 5.11 Å². The SMILES string of the molecule is CC(C(=O)O)C(=O)N(C)CCC1CCCC1. The molecular formula is C12H21NO3. The Morgan fingerprint density at radius 3 is 2.44 bits per heavy atom. The average molecular weight is 227 g/mol. The van der Waals surface area contributed by atoms with Crippen LogP contribution in [0.15, 0.2) is 0 Å². The number of carboxylic acid groups (broad SMARTS) is 1. The Kier molecular flexibility index (Phi) is 4.77. The van der Waals surface area contributed by atoms with Gasteiger partial charge in [-0.3, -0.25) is 9.59 Å². The van der Waals surface area contributed by atoms with Crippen LogP contribution >= 0.6 is 0 Å².